The zero-order chi connectivity index (χ0) is 23.8. The van der Waals surface area contributed by atoms with Crippen molar-refractivity contribution in [2.45, 2.75) is 44.0 Å². The molecule has 1 unspecified atom stereocenters. The number of hydrogen-bond donors (Lipinski definition) is 2. The topological polar surface area (TPSA) is 95.6 Å². The molecule has 2 aromatic carbocycles. The minimum atomic E-state index is -3.67. The van der Waals surface area contributed by atoms with Crippen LogP contribution < -0.4 is 10.6 Å². The zero-order valence-electron chi connectivity index (χ0n) is 19.2. The smallest absolute Gasteiger partial charge is 0.243 e. The van der Waals surface area contributed by atoms with Crippen molar-refractivity contribution in [2.24, 2.45) is 11.8 Å². The molecule has 0 saturated carbocycles. The number of carbonyl (C=O) groups is 2. The molecule has 2 atom stereocenters. The van der Waals surface area contributed by atoms with Crippen molar-refractivity contribution in [3.8, 4) is 0 Å². The molecular weight excluding hydrogens is 438 g/mol. The quantitative estimate of drug-likeness (QED) is 0.588. The second kappa shape index (κ2) is 11.4. The van der Waals surface area contributed by atoms with E-state index in [-0.39, 0.29) is 29.2 Å². The summed E-state index contributed by atoms with van der Waals surface area (Å²) in [6.45, 7) is 5.02. The van der Waals surface area contributed by atoms with Gasteiger partial charge >= 0.3 is 0 Å². The Morgan fingerprint density at radius 2 is 1.67 bits per heavy atom. The lowest BCUT2D eigenvalue weighted by Gasteiger charge is -2.32. The van der Waals surface area contributed by atoms with E-state index in [4.69, 9.17) is 0 Å². The van der Waals surface area contributed by atoms with Crippen LogP contribution in [-0.4, -0.2) is 50.2 Å². The molecule has 3 rings (SSSR count). The first-order valence-electron chi connectivity index (χ1n) is 11.4. The Labute approximate surface area is 196 Å². The second-order valence-electron chi connectivity index (χ2n) is 8.91. The predicted octanol–water partition coefficient (Wildman–Crippen LogP) is 2.59. The van der Waals surface area contributed by atoms with E-state index in [1.54, 1.807) is 30.3 Å². The van der Waals surface area contributed by atoms with Crippen LogP contribution in [0.15, 0.2) is 65.6 Å². The lowest BCUT2D eigenvalue weighted by Crippen LogP contribution is -2.52. The molecule has 7 nitrogen and oxygen atoms in total. The summed E-state index contributed by atoms with van der Waals surface area (Å²) in [6, 6.07) is 17.1. The van der Waals surface area contributed by atoms with E-state index in [0.717, 1.165) is 5.56 Å². The van der Waals surface area contributed by atoms with E-state index < -0.39 is 22.0 Å². The molecule has 2 amide bonds. The summed E-state index contributed by atoms with van der Waals surface area (Å²) in [5, 5.41) is 5.80. The van der Waals surface area contributed by atoms with Gasteiger partial charge in [0.1, 0.15) is 6.04 Å². The molecule has 0 aromatic heterocycles. The van der Waals surface area contributed by atoms with Gasteiger partial charge in [0.2, 0.25) is 21.8 Å². The summed E-state index contributed by atoms with van der Waals surface area (Å²) < 4.78 is 27.4. The maximum absolute atomic E-state index is 13.1. The van der Waals surface area contributed by atoms with Crippen LogP contribution in [0.4, 0.5) is 0 Å². The molecule has 1 heterocycles. The summed E-state index contributed by atoms with van der Waals surface area (Å²) in [5.74, 6) is -0.736. The number of benzene rings is 2. The number of amides is 2. The maximum Gasteiger partial charge on any atom is 0.243 e. The van der Waals surface area contributed by atoms with Gasteiger partial charge in [-0.15, -0.1) is 0 Å². The van der Waals surface area contributed by atoms with Crippen LogP contribution in [0.5, 0.6) is 0 Å². The average Bonchev–Trinajstić information content (AvgIpc) is 2.83. The fourth-order valence-electron chi connectivity index (χ4n) is 3.89. The fraction of sp³-hybridized carbons (Fsp3) is 0.440. The van der Waals surface area contributed by atoms with Gasteiger partial charge in [0, 0.05) is 26.1 Å². The van der Waals surface area contributed by atoms with Crippen LogP contribution in [-0.2, 0) is 26.0 Å². The second-order valence-corrected chi connectivity index (χ2v) is 10.8. The summed E-state index contributed by atoms with van der Waals surface area (Å²) in [7, 11) is -3.67. The predicted molar refractivity (Wildman–Crippen MR) is 128 cm³/mol. The van der Waals surface area contributed by atoms with Gasteiger partial charge in [0.05, 0.1) is 10.8 Å². The van der Waals surface area contributed by atoms with E-state index in [1.807, 2.05) is 44.2 Å². The molecule has 1 aliphatic rings. The first kappa shape index (κ1) is 24.9. The van der Waals surface area contributed by atoms with Gasteiger partial charge in [-0.25, -0.2) is 8.42 Å². The van der Waals surface area contributed by atoms with Gasteiger partial charge in [-0.05, 0) is 36.5 Å². The number of nitrogens with zero attached hydrogens (tertiary/aromatic N) is 1. The molecule has 0 radical (unpaired) electrons. The Morgan fingerprint density at radius 1 is 1.03 bits per heavy atom. The van der Waals surface area contributed by atoms with E-state index in [0.29, 0.717) is 32.4 Å². The van der Waals surface area contributed by atoms with Gasteiger partial charge in [0.25, 0.3) is 0 Å². The number of hydrogen-bond acceptors (Lipinski definition) is 4. The number of sulfonamides is 1. The molecule has 1 aliphatic heterocycles. The maximum atomic E-state index is 13.1. The number of carbonyl (C=O) groups excluding carboxylic acids is 2. The van der Waals surface area contributed by atoms with Crippen molar-refractivity contribution >= 4 is 21.8 Å². The van der Waals surface area contributed by atoms with E-state index >= 15 is 0 Å². The van der Waals surface area contributed by atoms with Crippen molar-refractivity contribution in [3.63, 3.8) is 0 Å². The SMILES string of the molecule is CC(C)CNC(=O)[C@@H](Cc1ccccc1)NC(=O)C1CCCN(S(=O)(=O)c2ccccc2)C1. The molecule has 1 fully saturated rings. The van der Waals surface area contributed by atoms with Crippen molar-refractivity contribution < 1.29 is 18.0 Å². The third-order valence-electron chi connectivity index (χ3n) is 5.74. The molecule has 33 heavy (non-hydrogen) atoms. The minimum absolute atomic E-state index is 0.106. The molecule has 8 heteroatoms. The highest BCUT2D eigenvalue weighted by Gasteiger charge is 2.34. The summed E-state index contributed by atoms with van der Waals surface area (Å²) >= 11 is 0. The van der Waals surface area contributed by atoms with Crippen LogP contribution in [0, 0.1) is 11.8 Å². The van der Waals surface area contributed by atoms with Crippen LogP contribution >= 0.6 is 0 Å². The van der Waals surface area contributed by atoms with Crippen LogP contribution in [0.3, 0.4) is 0 Å². The standard InChI is InChI=1S/C25H33N3O4S/c1-19(2)17-26-25(30)23(16-20-10-5-3-6-11-20)27-24(29)21-12-9-15-28(18-21)33(31,32)22-13-7-4-8-14-22/h3-8,10-11,13-14,19,21,23H,9,12,15-18H2,1-2H3,(H,26,30)(H,27,29)/t21?,23-/m1/s1. The Hall–Kier alpha value is -2.71. The molecule has 178 valence electrons. The minimum Gasteiger partial charge on any atom is -0.354 e. The molecular formula is C25H33N3O4S. The molecule has 0 spiro atoms. The monoisotopic (exact) mass is 471 g/mol. The lowest BCUT2D eigenvalue weighted by atomic mass is 9.97. The first-order chi connectivity index (χ1) is 15.8. The van der Waals surface area contributed by atoms with Crippen molar-refractivity contribution in [1.29, 1.82) is 0 Å². The fourth-order valence-corrected chi connectivity index (χ4v) is 5.44. The highest BCUT2D eigenvalue weighted by molar-refractivity contribution is 7.89. The van der Waals surface area contributed by atoms with Gasteiger partial charge in [-0.2, -0.15) is 4.31 Å². The average molecular weight is 472 g/mol. The lowest BCUT2D eigenvalue weighted by molar-refractivity contribution is -0.131. The molecule has 2 aromatic rings. The van der Waals surface area contributed by atoms with Crippen molar-refractivity contribution in [3.05, 3.63) is 66.2 Å². The van der Waals surface area contributed by atoms with Gasteiger partial charge in [-0.3, -0.25) is 9.59 Å². The van der Waals surface area contributed by atoms with E-state index in [9.17, 15) is 18.0 Å². The van der Waals surface area contributed by atoms with Crippen LogP contribution in [0.25, 0.3) is 0 Å². The Balaban J connectivity index is 1.70. The molecule has 1 saturated heterocycles. The summed E-state index contributed by atoms with van der Waals surface area (Å²) in [4.78, 5) is 26.2. The van der Waals surface area contributed by atoms with E-state index in [1.165, 1.54) is 4.31 Å². The summed E-state index contributed by atoms with van der Waals surface area (Å²) in [5.41, 5.74) is 0.944. The molecule has 0 aliphatic carbocycles. The Morgan fingerprint density at radius 3 is 2.30 bits per heavy atom. The normalized spacial score (nSPS) is 18.0. The van der Waals surface area contributed by atoms with Gasteiger partial charge < -0.3 is 10.6 Å². The highest BCUT2D eigenvalue weighted by atomic mass is 32.2. The van der Waals surface area contributed by atoms with Crippen molar-refractivity contribution in [1.82, 2.24) is 14.9 Å². The van der Waals surface area contributed by atoms with Crippen LogP contribution in [0.1, 0.15) is 32.3 Å². The molecule has 2 N–H and O–H groups in total. The number of piperidine rings is 1. The largest absolute Gasteiger partial charge is 0.354 e. The van der Waals surface area contributed by atoms with Gasteiger partial charge in [0.15, 0.2) is 0 Å². The third kappa shape index (κ3) is 6.88. The Kier molecular flexibility index (Phi) is 8.63. The van der Waals surface area contributed by atoms with Crippen molar-refractivity contribution in [2.75, 3.05) is 19.6 Å². The first-order valence-corrected chi connectivity index (χ1v) is 12.9. The molecule has 0 bridgehead atoms. The third-order valence-corrected chi connectivity index (χ3v) is 7.62. The summed E-state index contributed by atoms with van der Waals surface area (Å²) in [6.07, 6.45) is 1.54. The highest BCUT2D eigenvalue weighted by Crippen LogP contribution is 2.24. The number of nitrogens with one attached hydrogen (secondary N) is 2. The van der Waals surface area contributed by atoms with Gasteiger partial charge in [-0.1, -0.05) is 62.4 Å². The van der Waals surface area contributed by atoms with Crippen LogP contribution in [0.2, 0.25) is 0 Å². The Bertz CT molecular complexity index is 1030. The number of rotatable bonds is 9. The van der Waals surface area contributed by atoms with E-state index in [2.05, 4.69) is 10.6 Å². The zero-order valence-corrected chi connectivity index (χ0v) is 20.1.